The van der Waals surface area contributed by atoms with Crippen LogP contribution in [0.15, 0.2) is 54.6 Å². The van der Waals surface area contributed by atoms with Crippen LogP contribution in [0.4, 0.5) is 11.4 Å². The molecule has 0 unspecified atom stereocenters. The van der Waals surface area contributed by atoms with Crippen LogP contribution in [0.5, 0.6) is 0 Å². The minimum atomic E-state index is -0.859. The van der Waals surface area contributed by atoms with Crippen molar-refractivity contribution in [2.24, 2.45) is 0 Å². The summed E-state index contributed by atoms with van der Waals surface area (Å²) in [6, 6.07) is 17.3. The molecule has 3 rings (SSSR count). The Labute approximate surface area is 166 Å². The summed E-state index contributed by atoms with van der Waals surface area (Å²) >= 11 is 0. The van der Waals surface area contributed by atoms with Gasteiger partial charge in [0.25, 0.3) is 5.91 Å². The first-order valence-corrected chi connectivity index (χ1v) is 9.77. The molecule has 1 N–H and O–H groups in total. The summed E-state index contributed by atoms with van der Waals surface area (Å²) in [5.41, 5.74) is 2.06. The Morgan fingerprint density at radius 3 is 2.18 bits per heavy atom. The summed E-state index contributed by atoms with van der Waals surface area (Å²) in [5.74, 6) is -0.631. The Hall–Kier alpha value is -2.82. The Morgan fingerprint density at radius 2 is 1.61 bits per heavy atom. The molecule has 0 aliphatic heterocycles. The molecular weight excluding hydrogens is 352 g/mol. The number of rotatable bonds is 6. The average Bonchev–Trinajstić information content (AvgIpc) is 3.20. The summed E-state index contributed by atoms with van der Waals surface area (Å²) in [6.07, 6.45) is 2.64. The third-order valence-electron chi connectivity index (χ3n) is 5.48. The maximum absolute atomic E-state index is 13.0. The Balaban J connectivity index is 1.66. The number of hydrogen-bond acceptors (Lipinski definition) is 4. The zero-order chi connectivity index (χ0) is 20.1. The van der Waals surface area contributed by atoms with Gasteiger partial charge in [-0.05, 0) is 49.6 Å². The molecule has 1 amide bonds. The van der Waals surface area contributed by atoms with Crippen LogP contribution >= 0.6 is 0 Å². The fourth-order valence-electron chi connectivity index (χ4n) is 3.76. The molecule has 2 aromatic carbocycles. The highest BCUT2D eigenvalue weighted by molar-refractivity contribution is 5.96. The van der Waals surface area contributed by atoms with E-state index < -0.39 is 11.5 Å². The Kier molecular flexibility index (Phi) is 6.02. The number of carbonyl (C=O) groups is 2. The van der Waals surface area contributed by atoms with Gasteiger partial charge >= 0.3 is 5.97 Å². The van der Waals surface area contributed by atoms with Gasteiger partial charge in [-0.25, -0.2) is 0 Å². The van der Waals surface area contributed by atoms with E-state index >= 15 is 0 Å². The van der Waals surface area contributed by atoms with Crippen LogP contribution in [0, 0.1) is 0 Å². The van der Waals surface area contributed by atoms with Gasteiger partial charge in [-0.15, -0.1) is 0 Å². The second kappa shape index (κ2) is 8.46. The molecule has 0 bridgehead atoms. The number of nitrogens with zero attached hydrogens (tertiary/aromatic N) is 1. The zero-order valence-electron chi connectivity index (χ0n) is 16.8. The van der Waals surface area contributed by atoms with E-state index in [0.29, 0.717) is 5.69 Å². The molecule has 5 nitrogen and oxygen atoms in total. The summed E-state index contributed by atoms with van der Waals surface area (Å²) in [5, 5.41) is 2.82. The van der Waals surface area contributed by atoms with Crippen LogP contribution in [0.3, 0.4) is 0 Å². The van der Waals surface area contributed by atoms with Gasteiger partial charge in [-0.1, -0.05) is 43.2 Å². The highest BCUT2D eigenvalue weighted by atomic mass is 16.5. The van der Waals surface area contributed by atoms with Crippen molar-refractivity contribution in [2.75, 3.05) is 24.3 Å². The predicted molar refractivity (Wildman–Crippen MR) is 112 cm³/mol. The number of anilines is 2. The number of ether oxygens (including phenoxy) is 1. The van der Waals surface area contributed by atoms with Crippen LogP contribution in [0.25, 0.3) is 0 Å². The quantitative estimate of drug-likeness (QED) is 0.766. The molecule has 2 aromatic rings. The molecule has 0 spiro atoms. The van der Waals surface area contributed by atoms with Gasteiger partial charge in [0.15, 0.2) is 6.10 Å². The lowest BCUT2D eigenvalue weighted by molar-refractivity contribution is -0.159. The topological polar surface area (TPSA) is 58.6 Å². The van der Waals surface area contributed by atoms with Crippen molar-refractivity contribution in [2.45, 2.75) is 44.1 Å². The van der Waals surface area contributed by atoms with E-state index in [1.54, 1.807) is 6.92 Å². The van der Waals surface area contributed by atoms with Gasteiger partial charge in [-0.2, -0.15) is 0 Å². The number of hydrogen-bond donors (Lipinski definition) is 1. The predicted octanol–water partition coefficient (Wildman–Crippen LogP) is 4.13. The van der Waals surface area contributed by atoms with E-state index in [9.17, 15) is 9.59 Å². The van der Waals surface area contributed by atoms with Crippen molar-refractivity contribution in [3.8, 4) is 0 Å². The minimum absolute atomic E-state index is 0.304. The molecule has 148 valence electrons. The van der Waals surface area contributed by atoms with Crippen molar-refractivity contribution in [3.05, 3.63) is 60.2 Å². The molecule has 0 radical (unpaired) electrons. The van der Waals surface area contributed by atoms with Gasteiger partial charge in [0.1, 0.15) is 0 Å². The second-order valence-corrected chi connectivity index (χ2v) is 7.63. The number of benzene rings is 2. The molecule has 1 fully saturated rings. The number of amides is 1. The van der Waals surface area contributed by atoms with Gasteiger partial charge < -0.3 is 15.0 Å². The van der Waals surface area contributed by atoms with Crippen molar-refractivity contribution in [1.29, 1.82) is 0 Å². The summed E-state index contributed by atoms with van der Waals surface area (Å²) < 4.78 is 5.63. The van der Waals surface area contributed by atoms with E-state index in [-0.39, 0.29) is 11.9 Å². The standard InChI is InChI=1S/C23H28N2O3/c1-17(21(26)24-19-11-13-20(14-12-19)25(2)3)28-22(27)23(15-7-8-16-23)18-9-5-4-6-10-18/h4-6,9-14,17H,7-8,15-16H2,1-3H3,(H,24,26)/t17-/m0/s1. The fourth-order valence-corrected chi connectivity index (χ4v) is 3.76. The third kappa shape index (κ3) is 4.19. The first-order valence-electron chi connectivity index (χ1n) is 9.77. The Bertz CT molecular complexity index is 810. The van der Waals surface area contributed by atoms with Gasteiger partial charge in [0.05, 0.1) is 5.41 Å². The monoisotopic (exact) mass is 380 g/mol. The second-order valence-electron chi connectivity index (χ2n) is 7.63. The molecule has 0 aromatic heterocycles. The average molecular weight is 380 g/mol. The smallest absolute Gasteiger partial charge is 0.317 e. The first-order chi connectivity index (χ1) is 13.4. The van der Waals surface area contributed by atoms with E-state index in [0.717, 1.165) is 36.9 Å². The highest BCUT2D eigenvalue weighted by Crippen LogP contribution is 2.42. The van der Waals surface area contributed by atoms with Crippen LogP contribution in [-0.2, 0) is 19.7 Å². The molecule has 28 heavy (non-hydrogen) atoms. The van der Waals surface area contributed by atoms with E-state index in [1.165, 1.54) is 0 Å². The summed E-state index contributed by atoms with van der Waals surface area (Å²) in [4.78, 5) is 27.6. The molecule has 1 aliphatic rings. The normalized spacial score (nSPS) is 16.2. The van der Waals surface area contributed by atoms with E-state index in [4.69, 9.17) is 4.74 Å². The lowest BCUT2D eigenvalue weighted by Crippen LogP contribution is -2.39. The maximum atomic E-state index is 13.0. The van der Waals surface area contributed by atoms with Crippen LogP contribution in [-0.4, -0.2) is 32.1 Å². The number of esters is 1. The summed E-state index contributed by atoms with van der Waals surface area (Å²) in [7, 11) is 3.92. The van der Waals surface area contributed by atoms with Crippen molar-refractivity contribution in [3.63, 3.8) is 0 Å². The molecule has 5 heteroatoms. The van der Waals surface area contributed by atoms with E-state index in [1.807, 2.05) is 73.6 Å². The van der Waals surface area contributed by atoms with Crippen LogP contribution in [0.1, 0.15) is 38.2 Å². The number of nitrogens with one attached hydrogen (secondary N) is 1. The molecular formula is C23H28N2O3. The first kappa shape index (κ1) is 19.9. The van der Waals surface area contributed by atoms with E-state index in [2.05, 4.69) is 5.32 Å². The molecule has 1 saturated carbocycles. The maximum Gasteiger partial charge on any atom is 0.317 e. The van der Waals surface area contributed by atoms with Crippen molar-refractivity contribution < 1.29 is 14.3 Å². The van der Waals surface area contributed by atoms with Gasteiger partial charge in [-0.3, -0.25) is 9.59 Å². The fraction of sp³-hybridized carbons (Fsp3) is 0.391. The molecule has 0 saturated heterocycles. The minimum Gasteiger partial charge on any atom is -0.452 e. The van der Waals surface area contributed by atoms with Crippen LogP contribution < -0.4 is 10.2 Å². The highest BCUT2D eigenvalue weighted by Gasteiger charge is 2.45. The van der Waals surface area contributed by atoms with Crippen molar-refractivity contribution in [1.82, 2.24) is 0 Å². The SMILES string of the molecule is C[C@H](OC(=O)C1(c2ccccc2)CCCC1)C(=O)Nc1ccc(N(C)C)cc1. The third-order valence-corrected chi connectivity index (χ3v) is 5.48. The zero-order valence-corrected chi connectivity index (χ0v) is 16.8. The van der Waals surface area contributed by atoms with Crippen molar-refractivity contribution >= 4 is 23.3 Å². The Morgan fingerprint density at radius 1 is 1.00 bits per heavy atom. The largest absolute Gasteiger partial charge is 0.452 e. The lowest BCUT2D eigenvalue weighted by atomic mass is 9.79. The number of carbonyl (C=O) groups excluding carboxylic acids is 2. The van der Waals surface area contributed by atoms with Gasteiger partial charge in [0.2, 0.25) is 0 Å². The summed E-state index contributed by atoms with van der Waals surface area (Å²) in [6.45, 7) is 1.62. The molecule has 1 atom stereocenters. The van der Waals surface area contributed by atoms with Gasteiger partial charge in [0, 0.05) is 25.5 Å². The molecule has 1 aliphatic carbocycles. The van der Waals surface area contributed by atoms with Crippen LogP contribution in [0.2, 0.25) is 0 Å². The lowest BCUT2D eigenvalue weighted by Gasteiger charge is -2.28. The molecule has 0 heterocycles.